The van der Waals surface area contributed by atoms with Gasteiger partial charge in [0, 0.05) is 13.0 Å². The zero-order chi connectivity index (χ0) is 17.7. The highest BCUT2D eigenvalue weighted by molar-refractivity contribution is 5.91. The van der Waals surface area contributed by atoms with E-state index in [1.165, 1.54) is 0 Å². The number of likely N-dealkylation sites (tertiary alicyclic amines) is 1. The predicted octanol–water partition coefficient (Wildman–Crippen LogP) is 2.84. The van der Waals surface area contributed by atoms with Gasteiger partial charge in [0.15, 0.2) is 0 Å². The normalized spacial score (nSPS) is 35.0. The number of carbonyl (C=O) groups excluding carboxylic acids is 1. The first-order valence-electron chi connectivity index (χ1n) is 9.13. The van der Waals surface area contributed by atoms with Gasteiger partial charge in [0.1, 0.15) is 5.54 Å². The van der Waals surface area contributed by atoms with Gasteiger partial charge in [0.25, 0.3) is 0 Å². The molecule has 132 valence electrons. The highest BCUT2D eigenvalue weighted by Crippen LogP contribution is 2.59. The minimum atomic E-state index is -0.518. The van der Waals surface area contributed by atoms with E-state index in [9.17, 15) is 9.90 Å². The maximum absolute atomic E-state index is 13.1. The van der Waals surface area contributed by atoms with E-state index in [1.807, 2.05) is 77.7 Å². The molecular weight excluding hydrogens is 326 g/mol. The van der Waals surface area contributed by atoms with E-state index in [-0.39, 0.29) is 24.0 Å². The highest BCUT2D eigenvalue weighted by atomic mass is 16.5. The lowest BCUT2D eigenvalue weighted by Crippen LogP contribution is -2.72. The number of hydrogen-bond acceptors (Lipinski definition) is 3. The lowest BCUT2D eigenvalue weighted by atomic mass is 9.65. The number of amides is 1. The van der Waals surface area contributed by atoms with E-state index in [2.05, 4.69) is 0 Å². The van der Waals surface area contributed by atoms with Gasteiger partial charge >= 0.3 is 0 Å². The smallest absolute Gasteiger partial charge is 0.232 e. The Bertz CT molecular complexity index is 850. The summed E-state index contributed by atoms with van der Waals surface area (Å²) in [6.45, 7) is 0.567. The predicted molar refractivity (Wildman–Crippen MR) is 97.0 cm³/mol. The van der Waals surface area contributed by atoms with E-state index in [1.54, 1.807) is 0 Å². The van der Waals surface area contributed by atoms with Crippen LogP contribution in [0.15, 0.2) is 72.8 Å². The van der Waals surface area contributed by atoms with Crippen molar-refractivity contribution in [2.24, 2.45) is 5.92 Å². The molecule has 5 rings (SSSR count). The van der Waals surface area contributed by atoms with Crippen LogP contribution in [-0.2, 0) is 16.1 Å². The number of aliphatic hydroxyl groups excluding tert-OH is 1. The maximum atomic E-state index is 13.1. The van der Waals surface area contributed by atoms with E-state index < -0.39 is 11.6 Å². The SMILES string of the molecule is O=C1[C@H]2[C@H](c3ccccc3)O[C@@H]3C[C@H](O)C=C[C@@]32N1Cc1ccccc1. The van der Waals surface area contributed by atoms with E-state index in [4.69, 9.17) is 4.74 Å². The van der Waals surface area contributed by atoms with Crippen LogP contribution in [0.2, 0.25) is 0 Å². The molecular formula is C22H21NO3. The molecule has 0 radical (unpaired) electrons. The van der Waals surface area contributed by atoms with Crippen LogP contribution in [0, 0.1) is 5.92 Å². The van der Waals surface area contributed by atoms with Crippen LogP contribution in [-0.4, -0.2) is 33.7 Å². The first kappa shape index (κ1) is 15.8. The molecule has 0 aromatic heterocycles. The average Bonchev–Trinajstić information content (AvgIpc) is 2.98. The molecule has 1 aliphatic carbocycles. The van der Waals surface area contributed by atoms with Crippen LogP contribution in [0.4, 0.5) is 0 Å². The molecule has 0 bridgehead atoms. The fraction of sp³-hybridized carbons (Fsp3) is 0.318. The summed E-state index contributed by atoms with van der Waals surface area (Å²) in [5.74, 6) is -0.0893. The van der Waals surface area contributed by atoms with Crippen molar-refractivity contribution in [3.8, 4) is 0 Å². The first-order chi connectivity index (χ1) is 12.7. The lowest BCUT2D eigenvalue weighted by Gasteiger charge is -2.56. The Hall–Kier alpha value is -2.43. The Kier molecular flexibility index (Phi) is 3.52. The molecule has 5 atom stereocenters. The molecule has 1 N–H and O–H groups in total. The monoisotopic (exact) mass is 347 g/mol. The molecule has 2 aromatic carbocycles. The molecule has 2 aromatic rings. The third-order valence-electron chi connectivity index (χ3n) is 5.98. The van der Waals surface area contributed by atoms with Gasteiger partial charge in [-0.3, -0.25) is 4.79 Å². The van der Waals surface area contributed by atoms with Crippen molar-refractivity contribution in [2.45, 2.75) is 36.8 Å². The van der Waals surface area contributed by atoms with Crippen LogP contribution in [0.1, 0.15) is 23.7 Å². The van der Waals surface area contributed by atoms with E-state index >= 15 is 0 Å². The molecule has 0 saturated carbocycles. The number of rotatable bonds is 3. The van der Waals surface area contributed by atoms with Gasteiger partial charge in [0.05, 0.1) is 24.2 Å². The zero-order valence-electron chi connectivity index (χ0n) is 14.4. The fourth-order valence-electron chi connectivity index (χ4n) is 4.77. The topological polar surface area (TPSA) is 49.8 Å². The summed E-state index contributed by atoms with van der Waals surface area (Å²) in [6.07, 6.45) is 3.41. The molecule has 3 aliphatic rings. The largest absolute Gasteiger partial charge is 0.389 e. The summed E-state index contributed by atoms with van der Waals surface area (Å²) in [5.41, 5.74) is 1.68. The molecule has 26 heavy (non-hydrogen) atoms. The van der Waals surface area contributed by atoms with Crippen molar-refractivity contribution in [1.82, 2.24) is 4.90 Å². The minimum Gasteiger partial charge on any atom is -0.389 e. The molecule has 4 nitrogen and oxygen atoms in total. The van der Waals surface area contributed by atoms with Gasteiger partial charge < -0.3 is 14.7 Å². The molecule has 1 spiro atoms. The summed E-state index contributed by atoms with van der Waals surface area (Å²) in [7, 11) is 0. The Balaban J connectivity index is 1.53. The average molecular weight is 347 g/mol. The summed E-state index contributed by atoms with van der Waals surface area (Å²) in [6, 6.07) is 20.0. The van der Waals surface area contributed by atoms with Crippen LogP contribution in [0.25, 0.3) is 0 Å². The van der Waals surface area contributed by atoms with Crippen molar-refractivity contribution < 1.29 is 14.6 Å². The second-order valence-corrected chi connectivity index (χ2v) is 7.39. The molecule has 2 saturated heterocycles. The number of ether oxygens (including phenoxy) is 1. The fourth-order valence-corrected chi connectivity index (χ4v) is 4.77. The molecule has 4 heteroatoms. The molecule has 2 heterocycles. The highest BCUT2D eigenvalue weighted by Gasteiger charge is 2.71. The Morgan fingerprint density at radius 2 is 1.77 bits per heavy atom. The molecule has 2 aliphatic heterocycles. The van der Waals surface area contributed by atoms with Gasteiger partial charge in [-0.25, -0.2) is 0 Å². The van der Waals surface area contributed by atoms with Crippen molar-refractivity contribution >= 4 is 5.91 Å². The van der Waals surface area contributed by atoms with Crippen LogP contribution >= 0.6 is 0 Å². The molecule has 0 unspecified atom stereocenters. The van der Waals surface area contributed by atoms with Crippen molar-refractivity contribution in [2.75, 3.05) is 0 Å². The van der Waals surface area contributed by atoms with Gasteiger partial charge in [-0.15, -0.1) is 0 Å². The second-order valence-electron chi connectivity index (χ2n) is 7.39. The van der Waals surface area contributed by atoms with Crippen molar-refractivity contribution in [3.63, 3.8) is 0 Å². The van der Waals surface area contributed by atoms with Crippen molar-refractivity contribution in [3.05, 3.63) is 83.9 Å². The number of β-lactam (4-membered cyclic amide) rings is 1. The lowest BCUT2D eigenvalue weighted by molar-refractivity contribution is -0.166. The summed E-state index contributed by atoms with van der Waals surface area (Å²) in [5, 5.41) is 10.1. The quantitative estimate of drug-likeness (QED) is 0.686. The summed E-state index contributed by atoms with van der Waals surface area (Å²) < 4.78 is 6.36. The minimum absolute atomic E-state index is 0.131. The Morgan fingerprint density at radius 3 is 2.50 bits per heavy atom. The number of hydrogen-bond donors (Lipinski definition) is 1. The van der Waals surface area contributed by atoms with Gasteiger partial charge in [-0.1, -0.05) is 72.8 Å². The van der Waals surface area contributed by atoms with E-state index in [0.717, 1.165) is 11.1 Å². The Labute approximate surface area is 152 Å². The number of benzene rings is 2. The third-order valence-corrected chi connectivity index (χ3v) is 5.98. The van der Waals surface area contributed by atoms with Crippen LogP contribution in [0.5, 0.6) is 0 Å². The third kappa shape index (κ3) is 2.12. The van der Waals surface area contributed by atoms with E-state index in [0.29, 0.717) is 13.0 Å². The molecule has 1 amide bonds. The van der Waals surface area contributed by atoms with Gasteiger partial charge in [-0.2, -0.15) is 0 Å². The molecule has 2 fully saturated rings. The Morgan fingerprint density at radius 1 is 1.08 bits per heavy atom. The summed E-state index contributed by atoms with van der Waals surface area (Å²) in [4.78, 5) is 15.0. The zero-order valence-corrected chi connectivity index (χ0v) is 14.4. The second kappa shape index (κ2) is 5.79. The van der Waals surface area contributed by atoms with Crippen LogP contribution in [0.3, 0.4) is 0 Å². The first-order valence-corrected chi connectivity index (χ1v) is 9.13. The maximum Gasteiger partial charge on any atom is 0.232 e. The number of nitrogens with zero attached hydrogens (tertiary/aromatic N) is 1. The number of aliphatic hydroxyl groups is 1. The van der Waals surface area contributed by atoms with Crippen LogP contribution < -0.4 is 0 Å². The number of carbonyl (C=O) groups is 1. The standard InChI is InChI=1S/C22H21NO3/c24-17-11-12-22-18(13-17)26-20(16-9-5-2-6-10-16)19(22)21(25)23(22)14-15-7-3-1-4-8-15/h1-12,17-20,24H,13-14H2/t17-,18-,19-,20+,22-/m1/s1. The van der Waals surface area contributed by atoms with Gasteiger partial charge in [-0.05, 0) is 11.1 Å². The van der Waals surface area contributed by atoms with Gasteiger partial charge in [0.2, 0.25) is 5.91 Å². The van der Waals surface area contributed by atoms with Crippen molar-refractivity contribution in [1.29, 1.82) is 0 Å². The summed E-state index contributed by atoms with van der Waals surface area (Å²) >= 11 is 0.